The maximum atomic E-state index is 12.2. The predicted molar refractivity (Wildman–Crippen MR) is 117 cm³/mol. The molecular formula is C24H26N4O3. The van der Waals surface area contributed by atoms with Gasteiger partial charge in [-0.05, 0) is 61.6 Å². The highest BCUT2D eigenvalue weighted by atomic mass is 16.5. The summed E-state index contributed by atoms with van der Waals surface area (Å²) in [5.41, 5.74) is 3.44. The van der Waals surface area contributed by atoms with Crippen molar-refractivity contribution in [3.63, 3.8) is 0 Å². The zero-order valence-corrected chi connectivity index (χ0v) is 18.1. The molecule has 1 saturated carbocycles. The molecule has 4 rings (SSSR count). The number of methoxy groups -OCH3 is 2. The number of nitriles is 1. The van der Waals surface area contributed by atoms with Crippen LogP contribution >= 0.6 is 0 Å². The van der Waals surface area contributed by atoms with Crippen LogP contribution in [0.15, 0.2) is 35.4 Å². The fraction of sp³-hybridized carbons (Fsp3) is 0.417. The molecule has 1 atom stereocenters. The van der Waals surface area contributed by atoms with E-state index in [9.17, 15) is 10.1 Å². The third-order valence-corrected chi connectivity index (χ3v) is 6.25. The number of hydrazone groups is 1. The summed E-state index contributed by atoms with van der Waals surface area (Å²) in [6.07, 6.45) is 5.60. The number of anilines is 1. The molecule has 160 valence electrons. The van der Waals surface area contributed by atoms with Crippen molar-refractivity contribution in [3.8, 4) is 11.8 Å². The molecule has 0 spiro atoms. The minimum Gasteiger partial charge on any atom is -0.496 e. The van der Waals surface area contributed by atoms with Crippen molar-refractivity contribution >= 4 is 17.5 Å². The van der Waals surface area contributed by atoms with Crippen LogP contribution in [0.25, 0.3) is 0 Å². The zero-order valence-electron chi connectivity index (χ0n) is 18.1. The van der Waals surface area contributed by atoms with Gasteiger partial charge in [0.1, 0.15) is 23.2 Å². The van der Waals surface area contributed by atoms with Gasteiger partial charge in [-0.15, -0.1) is 0 Å². The SMILES string of the molecule is COC(=O)c1cc(C2=NN(c3ccc(C#N)c(C)n3)[C@@H](C3CCCC3)C2)ccc1OC. The van der Waals surface area contributed by atoms with E-state index in [4.69, 9.17) is 14.6 Å². The molecule has 2 aliphatic rings. The van der Waals surface area contributed by atoms with E-state index in [0.717, 1.165) is 23.5 Å². The second kappa shape index (κ2) is 8.76. The van der Waals surface area contributed by atoms with Crippen molar-refractivity contribution in [1.29, 1.82) is 5.26 Å². The molecule has 0 bridgehead atoms. The van der Waals surface area contributed by atoms with Gasteiger partial charge in [-0.25, -0.2) is 14.8 Å². The highest BCUT2D eigenvalue weighted by molar-refractivity contribution is 6.05. The Balaban J connectivity index is 1.73. The molecule has 31 heavy (non-hydrogen) atoms. The molecular weight excluding hydrogens is 392 g/mol. The van der Waals surface area contributed by atoms with Crippen molar-refractivity contribution in [1.82, 2.24) is 4.98 Å². The van der Waals surface area contributed by atoms with Gasteiger partial charge in [-0.3, -0.25) is 0 Å². The van der Waals surface area contributed by atoms with Crippen molar-refractivity contribution in [2.45, 2.75) is 45.1 Å². The van der Waals surface area contributed by atoms with Crippen LogP contribution in [0.1, 0.15) is 59.3 Å². The average Bonchev–Trinajstić information content (AvgIpc) is 3.48. The van der Waals surface area contributed by atoms with Gasteiger partial charge in [0.15, 0.2) is 0 Å². The molecule has 1 fully saturated rings. The number of carbonyl (C=O) groups excluding carboxylic acids is 1. The molecule has 1 aromatic heterocycles. The van der Waals surface area contributed by atoms with E-state index in [0.29, 0.717) is 28.5 Å². The lowest BCUT2D eigenvalue weighted by molar-refractivity contribution is 0.0597. The minimum atomic E-state index is -0.439. The van der Waals surface area contributed by atoms with E-state index in [1.54, 1.807) is 18.2 Å². The Morgan fingerprint density at radius 1 is 1.19 bits per heavy atom. The Kier molecular flexibility index (Phi) is 5.90. The standard InChI is InChI=1S/C24H26N4O3/c1-15-18(14-25)9-11-23(26-15)28-21(16-6-4-5-7-16)13-20(27-28)17-8-10-22(30-2)19(12-17)24(29)31-3/h8-12,16,21H,4-7,13H2,1-3H3/t21-/m1/s1. The molecule has 0 radical (unpaired) electrons. The van der Waals surface area contributed by atoms with E-state index in [2.05, 4.69) is 11.1 Å². The van der Waals surface area contributed by atoms with Gasteiger partial charge in [0.25, 0.3) is 0 Å². The van der Waals surface area contributed by atoms with Crippen LogP contribution in [0.5, 0.6) is 5.75 Å². The first kappa shape index (κ1) is 20.9. The molecule has 1 aliphatic carbocycles. The highest BCUT2D eigenvalue weighted by Gasteiger charge is 2.37. The van der Waals surface area contributed by atoms with Gasteiger partial charge >= 0.3 is 5.97 Å². The lowest BCUT2D eigenvalue weighted by atomic mass is 9.92. The number of benzene rings is 1. The first-order valence-corrected chi connectivity index (χ1v) is 10.6. The first-order valence-electron chi connectivity index (χ1n) is 10.6. The Morgan fingerprint density at radius 2 is 1.97 bits per heavy atom. The molecule has 0 saturated heterocycles. The monoisotopic (exact) mass is 418 g/mol. The number of pyridine rings is 1. The number of aromatic nitrogens is 1. The van der Waals surface area contributed by atoms with Gasteiger partial charge in [0.2, 0.25) is 0 Å². The number of hydrogen-bond donors (Lipinski definition) is 0. The van der Waals surface area contributed by atoms with Crippen molar-refractivity contribution in [2.24, 2.45) is 11.0 Å². The molecule has 7 heteroatoms. The normalized spacial score (nSPS) is 18.6. The number of ether oxygens (including phenoxy) is 2. The molecule has 2 heterocycles. The van der Waals surface area contributed by atoms with E-state index < -0.39 is 5.97 Å². The van der Waals surface area contributed by atoms with Crippen molar-refractivity contribution in [3.05, 3.63) is 52.7 Å². The van der Waals surface area contributed by atoms with E-state index in [-0.39, 0.29) is 6.04 Å². The summed E-state index contributed by atoms with van der Waals surface area (Å²) < 4.78 is 10.2. The van der Waals surface area contributed by atoms with Crippen LogP contribution in [0.3, 0.4) is 0 Å². The number of aryl methyl sites for hydroxylation is 1. The van der Waals surface area contributed by atoms with Gasteiger partial charge in [-0.1, -0.05) is 12.8 Å². The summed E-state index contributed by atoms with van der Waals surface area (Å²) >= 11 is 0. The van der Waals surface area contributed by atoms with E-state index in [1.807, 2.05) is 24.1 Å². The summed E-state index contributed by atoms with van der Waals surface area (Å²) in [4.78, 5) is 16.9. The minimum absolute atomic E-state index is 0.209. The third-order valence-electron chi connectivity index (χ3n) is 6.25. The first-order chi connectivity index (χ1) is 15.0. The molecule has 2 aromatic rings. The Hall–Kier alpha value is -3.40. The topological polar surface area (TPSA) is 87.8 Å². The Bertz CT molecular complexity index is 1070. The van der Waals surface area contributed by atoms with Gasteiger partial charge in [0, 0.05) is 6.42 Å². The fourth-order valence-corrected chi connectivity index (χ4v) is 4.59. The van der Waals surface area contributed by atoms with E-state index in [1.165, 1.54) is 39.9 Å². The molecule has 7 nitrogen and oxygen atoms in total. The molecule has 1 aromatic carbocycles. The molecule has 0 unspecified atom stereocenters. The van der Waals surface area contributed by atoms with Gasteiger partial charge in [-0.2, -0.15) is 10.4 Å². The fourth-order valence-electron chi connectivity index (χ4n) is 4.59. The summed E-state index contributed by atoms with van der Waals surface area (Å²) in [6.45, 7) is 1.85. The van der Waals surface area contributed by atoms with Crippen LogP contribution in [0.2, 0.25) is 0 Å². The van der Waals surface area contributed by atoms with Crippen LogP contribution in [0.4, 0.5) is 5.82 Å². The third kappa shape index (κ3) is 3.98. The summed E-state index contributed by atoms with van der Waals surface area (Å²) in [6, 6.07) is 11.6. The smallest absolute Gasteiger partial charge is 0.341 e. The highest BCUT2D eigenvalue weighted by Crippen LogP contribution is 2.38. The number of nitrogens with zero attached hydrogens (tertiary/aromatic N) is 4. The Morgan fingerprint density at radius 3 is 2.61 bits per heavy atom. The summed E-state index contributed by atoms with van der Waals surface area (Å²) in [5.74, 6) is 1.33. The lowest BCUT2D eigenvalue weighted by Gasteiger charge is -2.27. The second-order valence-corrected chi connectivity index (χ2v) is 8.03. The van der Waals surface area contributed by atoms with Gasteiger partial charge < -0.3 is 9.47 Å². The predicted octanol–water partition coefficient (Wildman–Crippen LogP) is 4.23. The van der Waals surface area contributed by atoms with E-state index >= 15 is 0 Å². The number of carbonyl (C=O) groups is 1. The number of hydrogen-bond acceptors (Lipinski definition) is 7. The quantitative estimate of drug-likeness (QED) is 0.675. The number of esters is 1. The summed E-state index contributed by atoms with van der Waals surface area (Å²) in [7, 11) is 2.89. The Labute approximate surface area is 182 Å². The zero-order chi connectivity index (χ0) is 22.0. The largest absolute Gasteiger partial charge is 0.496 e. The molecule has 1 aliphatic heterocycles. The van der Waals surface area contributed by atoms with Crippen LogP contribution in [-0.4, -0.2) is 36.9 Å². The van der Waals surface area contributed by atoms with Crippen LogP contribution < -0.4 is 9.75 Å². The maximum Gasteiger partial charge on any atom is 0.341 e. The van der Waals surface area contributed by atoms with Crippen LogP contribution in [-0.2, 0) is 4.74 Å². The maximum absolute atomic E-state index is 12.2. The number of rotatable bonds is 5. The lowest BCUT2D eigenvalue weighted by Crippen LogP contribution is -2.33. The molecule has 0 amide bonds. The van der Waals surface area contributed by atoms with Crippen LogP contribution in [0, 0.1) is 24.2 Å². The molecule has 0 N–H and O–H groups in total. The summed E-state index contributed by atoms with van der Waals surface area (Å²) in [5, 5.41) is 16.2. The average molecular weight is 418 g/mol. The van der Waals surface area contributed by atoms with Crippen molar-refractivity contribution < 1.29 is 14.3 Å². The van der Waals surface area contributed by atoms with Crippen molar-refractivity contribution in [2.75, 3.05) is 19.2 Å². The second-order valence-electron chi connectivity index (χ2n) is 8.03. The van der Waals surface area contributed by atoms with Gasteiger partial charge in [0.05, 0.1) is 37.2 Å².